The Labute approximate surface area is 166 Å². The number of carbonyl (C=O) groups excluding carboxylic acids is 1. The highest BCUT2D eigenvalue weighted by Gasteiger charge is 2.15. The van der Waals surface area contributed by atoms with Gasteiger partial charge in [0, 0.05) is 24.0 Å². The van der Waals surface area contributed by atoms with Crippen LogP contribution in [0, 0.1) is 11.3 Å². The number of aliphatic hydroxyl groups is 1. The summed E-state index contributed by atoms with van der Waals surface area (Å²) in [6.45, 7) is 3.89. The topological polar surface area (TPSA) is 120 Å². The van der Waals surface area contributed by atoms with Crippen LogP contribution in [0.2, 0.25) is 5.02 Å². The summed E-state index contributed by atoms with van der Waals surface area (Å²) in [4.78, 5) is 19.1. The lowest BCUT2D eigenvalue weighted by atomic mass is 10.1. The minimum atomic E-state index is -0.766. The van der Waals surface area contributed by atoms with Crippen molar-refractivity contribution >= 4 is 17.5 Å². The lowest BCUT2D eigenvalue weighted by molar-refractivity contribution is 0.0931. The lowest BCUT2D eigenvalue weighted by Crippen LogP contribution is -2.36. The third-order valence-corrected chi connectivity index (χ3v) is 4.40. The van der Waals surface area contributed by atoms with Crippen LogP contribution in [0.5, 0.6) is 0 Å². The minimum absolute atomic E-state index is 0.198. The molecule has 28 heavy (non-hydrogen) atoms. The number of aromatic nitrogens is 4. The van der Waals surface area contributed by atoms with E-state index >= 15 is 0 Å². The van der Waals surface area contributed by atoms with Gasteiger partial charge in [-0.05, 0) is 32.0 Å². The highest BCUT2D eigenvalue weighted by atomic mass is 35.5. The first-order chi connectivity index (χ1) is 13.4. The summed E-state index contributed by atoms with van der Waals surface area (Å²) < 4.78 is 1.72. The molecule has 2 aromatic heterocycles. The second kappa shape index (κ2) is 8.25. The monoisotopic (exact) mass is 398 g/mol. The van der Waals surface area contributed by atoms with Gasteiger partial charge in [0.25, 0.3) is 5.91 Å². The normalized spacial score (nSPS) is 13.0. The molecule has 2 atom stereocenters. The molecule has 9 heteroatoms. The fourth-order valence-corrected chi connectivity index (χ4v) is 2.90. The summed E-state index contributed by atoms with van der Waals surface area (Å²) >= 11 is 6.08. The summed E-state index contributed by atoms with van der Waals surface area (Å²) in [5.41, 5.74) is 2.16. The van der Waals surface area contributed by atoms with Crippen LogP contribution in [-0.4, -0.2) is 36.8 Å². The molecule has 0 saturated carbocycles. The molecule has 1 aromatic carbocycles. The predicted octanol–water partition coefficient (Wildman–Crippen LogP) is 2.67. The van der Waals surface area contributed by atoms with Crippen LogP contribution in [0.25, 0.3) is 11.3 Å². The first-order valence-electron chi connectivity index (χ1n) is 8.65. The minimum Gasteiger partial charge on any atom is -0.385 e. The van der Waals surface area contributed by atoms with Crippen molar-refractivity contribution in [1.29, 1.82) is 5.26 Å². The van der Waals surface area contributed by atoms with Gasteiger partial charge in [-0.25, -0.2) is 4.98 Å². The van der Waals surface area contributed by atoms with E-state index in [2.05, 4.69) is 20.4 Å². The molecule has 0 saturated heterocycles. The average Bonchev–Trinajstić information content (AvgIpc) is 3.31. The zero-order chi connectivity index (χ0) is 20.3. The summed E-state index contributed by atoms with van der Waals surface area (Å²) in [5, 5.41) is 26.2. The standard InChI is InChI=1S/C19H19ClN6O2/c1-11(23-19(28)17-9-22-18(24-17)12(2)27)10-26-6-5-16(25-26)13-3-4-14(8-21)15(20)7-13/h3-7,9,11-12,27H,10H2,1-2H3,(H,22,24)(H,23,28)/t11-,12?/m0/s1. The molecule has 2 heterocycles. The Morgan fingerprint density at radius 3 is 2.86 bits per heavy atom. The fraction of sp³-hybridized carbons (Fsp3) is 0.263. The van der Waals surface area contributed by atoms with Crippen LogP contribution in [-0.2, 0) is 6.54 Å². The molecule has 144 valence electrons. The average molecular weight is 399 g/mol. The maximum atomic E-state index is 12.3. The maximum Gasteiger partial charge on any atom is 0.271 e. The lowest BCUT2D eigenvalue weighted by Gasteiger charge is -2.13. The Balaban J connectivity index is 1.63. The Bertz CT molecular complexity index is 1030. The number of imidazole rings is 1. The van der Waals surface area contributed by atoms with Crippen molar-refractivity contribution in [2.24, 2.45) is 0 Å². The van der Waals surface area contributed by atoms with Gasteiger partial charge < -0.3 is 15.4 Å². The second-order valence-corrected chi connectivity index (χ2v) is 6.86. The number of rotatable bonds is 6. The summed E-state index contributed by atoms with van der Waals surface area (Å²) in [7, 11) is 0. The molecule has 1 unspecified atom stereocenters. The highest BCUT2D eigenvalue weighted by Crippen LogP contribution is 2.24. The van der Waals surface area contributed by atoms with E-state index in [1.807, 2.05) is 25.3 Å². The maximum absolute atomic E-state index is 12.3. The molecular weight excluding hydrogens is 380 g/mol. The zero-order valence-corrected chi connectivity index (χ0v) is 16.1. The molecule has 3 rings (SSSR count). The van der Waals surface area contributed by atoms with Crippen LogP contribution in [0.3, 0.4) is 0 Å². The van der Waals surface area contributed by atoms with Gasteiger partial charge in [0.15, 0.2) is 0 Å². The Morgan fingerprint density at radius 1 is 1.43 bits per heavy atom. The molecule has 0 aliphatic rings. The number of amides is 1. The van der Waals surface area contributed by atoms with Crippen molar-refractivity contribution in [3.63, 3.8) is 0 Å². The van der Waals surface area contributed by atoms with E-state index in [1.165, 1.54) is 6.20 Å². The van der Waals surface area contributed by atoms with E-state index in [9.17, 15) is 9.90 Å². The van der Waals surface area contributed by atoms with Crippen molar-refractivity contribution in [3.8, 4) is 17.3 Å². The summed E-state index contributed by atoms with van der Waals surface area (Å²) in [6, 6.07) is 8.82. The van der Waals surface area contributed by atoms with Crippen molar-refractivity contribution < 1.29 is 9.90 Å². The largest absolute Gasteiger partial charge is 0.385 e. The number of halogens is 1. The smallest absolute Gasteiger partial charge is 0.271 e. The summed E-state index contributed by atoms with van der Waals surface area (Å²) in [5.74, 6) is 0.0116. The van der Waals surface area contributed by atoms with Gasteiger partial charge in [-0.3, -0.25) is 9.48 Å². The molecule has 0 bridgehead atoms. The van der Waals surface area contributed by atoms with E-state index in [4.69, 9.17) is 16.9 Å². The van der Waals surface area contributed by atoms with E-state index in [0.29, 0.717) is 23.0 Å². The first-order valence-corrected chi connectivity index (χ1v) is 9.03. The van der Waals surface area contributed by atoms with Crippen molar-refractivity contribution in [2.45, 2.75) is 32.5 Å². The van der Waals surface area contributed by atoms with Gasteiger partial charge >= 0.3 is 0 Å². The Morgan fingerprint density at radius 2 is 2.21 bits per heavy atom. The number of nitrogens with one attached hydrogen (secondary N) is 2. The van der Waals surface area contributed by atoms with Gasteiger partial charge in [-0.2, -0.15) is 10.4 Å². The number of aliphatic hydroxyl groups excluding tert-OH is 1. The fourth-order valence-electron chi connectivity index (χ4n) is 2.67. The van der Waals surface area contributed by atoms with Crippen LogP contribution >= 0.6 is 11.6 Å². The van der Waals surface area contributed by atoms with E-state index < -0.39 is 6.10 Å². The number of hydrogen-bond acceptors (Lipinski definition) is 5. The number of nitriles is 1. The van der Waals surface area contributed by atoms with E-state index in [0.717, 1.165) is 11.3 Å². The molecule has 3 aromatic rings. The predicted molar refractivity (Wildman–Crippen MR) is 104 cm³/mol. The Kier molecular flexibility index (Phi) is 5.78. The molecule has 3 N–H and O–H groups in total. The molecule has 1 amide bonds. The van der Waals surface area contributed by atoms with E-state index in [1.54, 1.807) is 29.8 Å². The van der Waals surface area contributed by atoms with Crippen LogP contribution in [0.1, 0.15) is 41.8 Å². The van der Waals surface area contributed by atoms with Gasteiger partial charge in [-0.1, -0.05) is 17.7 Å². The van der Waals surface area contributed by atoms with Gasteiger partial charge in [0.1, 0.15) is 23.7 Å². The second-order valence-electron chi connectivity index (χ2n) is 6.45. The van der Waals surface area contributed by atoms with Crippen LogP contribution in [0.15, 0.2) is 36.7 Å². The molecule has 0 radical (unpaired) electrons. The highest BCUT2D eigenvalue weighted by molar-refractivity contribution is 6.32. The molecule has 0 aliphatic carbocycles. The summed E-state index contributed by atoms with van der Waals surface area (Å²) in [6.07, 6.45) is 2.51. The number of aromatic amines is 1. The third-order valence-electron chi connectivity index (χ3n) is 4.09. The van der Waals surface area contributed by atoms with Gasteiger partial charge in [0.05, 0.1) is 22.8 Å². The molecular formula is C19H19ClN6O2. The molecule has 8 nitrogen and oxygen atoms in total. The molecule has 0 spiro atoms. The molecule has 0 fully saturated rings. The quantitative estimate of drug-likeness (QED) is 0.589. The van der Waals surface area contributed by atoms with Crippen LogP contribution < -0.4 is 5.32 Å². The van der Waals surface area contributed by atoms with E-state index in [-0.39, 0.29) is 17.6 Å². The van der Waals surface area contributed by atoms with Crippen molar-refractivity contribution in [1.82, 2.24) is 25.1 Å². The van der Waals surface area contributed by atoms with Gasteiger partial charge in [-0.15, -0.1) is 0 Å². The first kappa shape index (κ1) is 19.6. The van der Waals surface area contributed by atoms with Crippen molar-refractivity contribution in [3.05, 3.63) is 58.8 Å². The van der Waals surface area contributed by atoms with Crippen LogP contribution in [0.4, 0.5) is 0 Å². The Hall–Kier alpha value is -3.15. The molecule has 0 aliphatic heterocycles. The van der Waals surface area contributed by atoms with Crippen molar-refractivity contribution in [2.75, 3.05) is 0 Å². The van der Waals surface area contributed by atoms with Gasteiger partial charge in [0.2, 0.25) is 0 Å². The number of nitrogens with zero attached hydrogens (tertiary/aromatic N) is 4. The number of hydrogen-bond donors (Lipinski definition) is 3. The number of benzene rings is 1. The number of H-pyrrole nitrogens is 1. The number of carbonyl (C=O) groups is 1. The zero-order valence-electron chi connectivity index (χ0n) is 15.3. The third kappa shape index (κ3) is 4.39. The SMILES string of the molecule is CC(O)c1nc(C(=O)N[C@@H](C)Cn2ccc(-c3ccc(C#N)c(Cl)c3)n2)c[nH]1.